The molecule has 3 aliphatic heterocycles. The van der Waals surface area contributed by atoms with Crippen LogP contribution in [0, 0.1) is 5.92 Å². The molecule has 0 amide bonds. The molecule has 3 unspecified atom stereocenters. The van der Waals surface area contributed by atoms with Gasteiger partial charge in [0.05, 0.1) is 12.6 Å². The quantitative estimate of drug-likeness (QED) is 0.794. The molecule has 4 atom stereocenters. The topological polar surface area (TPSA) is 33.3 Å². The van der Waals surface area contributed by atoms with Crippen molar-refractivity contribution >= 4 is 5.69 Å². The first-order valence-corrected chi connectivity index (χ1v) is 6.02. The normalized spacial score (nSPS) is 37.3. The molecule has 0 saturated carbocycles. The molecule has 86 valence electrons. The third-order valence-corrected chi connectivity index (χ3v) is 3.65. The van der Waals surface area contributed by atoms with Crippen molar-refractivity contribution in [2.45, 2.75) is 31.7 Å². The van der Waals surface area contributed by atoms with E-state index < -0.39 is 0 Å². The molecule has 3 heteroatoms. The summed E-state index contributed by atoms with van der Waals surface area (Å²) in [6, 6.07) is 11.4. The summed E-state index contributed by atoms with van der Waals surface area (Å²) in [5.74, 6) is 0.655. The van der Waals surface area contributed by atoms with Gasteiger partial charge in [-0.15, -0.1) is 0 Å². The lowest BCUT2D eigenvalue weighted by Gasteiger charge is -2.41. The Morgan fingerprint density at radius 3 is 2.88 bits per heavy atom. The van der Waals surface area contributed by atoms with Gasteiger partial charge in [0, 0.05) is 17.6 Å². The van der Waals surface area contributed by atoms with E-state index in [2.05, 4.69) is 41.8 Å². The standard InChI is InChI=1S/C13H18N2O/c1-9-12-7-11(8-16-13(9)15-12)14-10-5-3-2-4-6-10/h2-6,9,11-15H,7-8H2,1H3/t9?,11-,12?,13?/m1/s1. The van der Waals surface area contributed by atoms with E-state index in [9.17, 15) is 0 Å². The van der Waals surface area contributed by atoms with E-state index in [4.69, 9.17) is 4.74 Å². The summed E-state index contributed by atoms with van der Waals surface area (Å²) in [5, 5.41) is 6.98. The van der Waals surface area contributed by atoms with Crippen LogP contribution in [0.1, 0.15) is 13.3 Å². The summed E-state index contributed by atoms with van der Waals surface area (Å²) in [4.78, 5) is 0. The zero-order chi connectivity index (χ0) is 11.0. The highest BCUT2D eigenvalue weighted by atomic mass is 16.5. The van der Waals surface area contributed by atoms with E-state index in [0.717, 1.165) is 13.0 Å². The Morgan fingerprint density at radius 2 is 2.12 bits per heavy atom. The second-order valence-electron chi connectivity index (χ2n) is 4.83. The predicted molar refractivity (Wildman–Crippen MR) is 64.3 cm³/mol. The van der Waals surface area contributed by atoms with Gasteiger partial charge in [0.25, 0.3) is 0 Å². The lowest BCUT2D eigenvalue weighted by atomic mass is 9.88. The molecule has 16 heavy (non-hydrogen) atoms. The number of hydrogen-bond donors (Lipinski definition) is 2. The van der Waals surface area contributed by atoms with Crippen LogP contribution in [0.25, 0.3) is 0 Å². The van der Waals surface area contributed by atoms with Gasteiger partial charge in [-0.2, -0.15) is 0 Å². The molecule has 0 spiro atoms. The second-order valence-corrected chi connectivity index (χ2v) is 4.83. The SMILES string of the molecule is CC1C2C[C@@H](Nc3ccccc3)COC1N2. The lowest BCUT2D eigenvalue weighted by molar-refractivity contribution is -0.0602. The fraction of sp³-hybridized carbons (Fsp3) is 0.538. The van der Waals surface area contributed by atoms with Gasteiger partial charge in [0.1, 0.15) is 6.23 Å². The van der Waals surface area contributed by atoms with E-state index in [1.165, 1.54) is 5.69 Å². The maximum absolute atomic E-state index is 5.79. The summed E-state index contributed by atoms with van der Waals surface area (Å²) < 4.78 is 5.79. The van der Waals surface area contributed by atoms with Gasteiger partial charge in [-0.3, -0.25) is 5.32 Å². The Kier molecular flexibility index (Phi) is 2.58. The summed E-state index contributed by atoms with van der Waals surface area (Å²) >= 11 is 0. The van der Waals surface area contributed by atoms with Crippen molar-refractivity contribution in [1.29, 1.82) is 0 Å². The van der Waals surface area contributed by atoms with Crippen LogP contribution in [0.5, 0.6) is 0 Å². The number of nitrogens with one attached hydrogen (secondary N) is 2. The Labute approximate surface area is 96.2 Å². The van der Waals surface area contributed by atoms with Gasteiger partial charge in [-0.05, 0) is 18.6 Å². The fourth-order valence-corrected chi connectivity index (χ4v) is 2.55. The first-order chi connectivity index (χ1) is 7.83. The van der Waals surface area contributed by atoms with Gasteiger partial charge in [-0.1, -0.05) is 25.1 Å². The first-order valence-electron chi connectivity index (χ1n) is 6.02. The minimum absolute atomic E-state index is 0.285. The molecule has 3 heterocycles. The summed E-state index contributed by atoms with van der Waals surface area (Å²) in [5.41, 5.74) is 1.18. The van der Waals surface area contributed by atoms with Crippen LogP contribution < -0.4 is 10.6 Å². The molecule has 3 fully saturated rings. The number of anilines is 1. The third-order valence-electron chi connectivity index (χ3n) is 3.65. The number of hydrogen-bond acceptors (Lipinski definition) is 3. The molecule has 1 aromatic carbocycles. The molecular formula is C13H18N2O. The number of ether oxygens (including phenoxy) is 1. The lowest BCUT2D eigenvalue weighted by Crippen LogP contribution is -2.59. The van der Waals surface area contributed by atoms with Crippen LogP contribution in [0.3, 0.4) is 0 Å². The Balaban J connectivity index is 1.64. The molecule has 3 saturated heterocycles. The van der Waals surface area contributed by atoms with E-state index >= 15 is 0 Å². The Bertz CT molecular complexity index is 354. The smallest absolute Gasteiger partial charge is 0.112 e. The molecule has 0 aliphatic carbocycles. The average Bonchev–Trinajstić information content (AvgIpc) is 2.61. The molecule has 3 aliphatic rings. The molecule has 4 rings (SSSR count). The summed E-state index contributed by atoms with van der Waals surface area (Å²) in [6.45, 7) is 3.06. The van der Waals surface area contributed by atoms with Crippen molar-refractivity contribution in [2.75, 3.05) is 11.9 Å². The molecule has 2 N–H and O–H groups in total. The number of rotatable bonds is 2. The van der Waals surface area contributed by atoms with Crippen molar-refractivity contribution in [2.24, 2.45) is 5.92 Å². The second kappa shape index (κ2) is 4.07. The molecule has 0 radical (unpaired) electrons. The highest BCUT2D eigenvalue weighted by molar-refractivity contribution is 5.43. The number of benzene rings is 1. The third kappa shape index (κ3) is 1.81. The molecule has 3 nitrogen and oxygen atoms in total. The minimum Gasteiger partial charge on any atom is -0.380 e. The predicted octanol–water partition coefficient (Wildman–Crippen LogP) is 1.82. The van der Waals surface area contributed by atoms with E-state index in [1.54, 1.807) is 0 Å². The van der Waals surface area contributed by atoms with Crippen molar-refractivity contribution in [3.8, 4) is 0 Å². The minimum atomic E-state index is 0.285. The largest absolute Gasteiger partial charge is 0.380 e. The van der Waals surface area contributed by atoms with Crippen LogP contribution in [-0.2, 0) is 4.74 Å². The van der Waals surface area contributed by atoms with Crippen LogP contribution in [0.4, 0.5) is 5.69 Å². The van der Waals surface area contributed by atoms with E-state index in [0.29, 0.717) is 18.0 Å². The van der Waals surface area contributed by atoms with Crippen molar-refractivity contribution < 1.29 is 4.74 Å². The Hall–Kier alpha value is -1.06. The van der Waals surface area contributed by atoms with E-state index in [-0.39, 0.29) is 6.23 Å². The molecule has 0 aromatic heterocycles. The van der Waals surface area contributed by atoms with Crippen LogP contribution in [-0.4, -0.2) is 24.9 Å². The molecule has 2 bridgehead atoms. The maximum atomic E-state index is 5.79. The maximum Gasteiger partial charge on any atom is 0.112 e. The van der Waals surface area contributed by atoms with Gasteiger partial charge in [0.15, 0.2) is 0 Å². The molecular weight excluding hydrogens is 200 g/mol. The Morgan fingerprint density at radius 1 is 1.31 bits per heavy atom. The fourth-order valence-electron chi connectivity index (χ4n) is 2.55. The van der Waals surface area contributed by atoms with Gasteiger partial charge >= 0.3 is 0 Å². The van der Waals surface area contributed by atoms with Crippen LogP contribution >= 0.6 is 0 Å². The number of fused-ring (bicyclic) bond motifs is 3. The van der Waals surface area contributed by atoms with Gasteiger partial charge in [0.2, 0.25) is 0 Å². The molecule has 1 aromatic rings. The van der Waals surface area contributed by atoms with Gasteiger partial charge in [-0.25, -0.2) is 0 Å². The summed E-state index contributed by atoms with van der Waals surface area (Å²) in [7, 11) is 0. The zero-order valence-corrected chi connectivity index (χ0v) is 9.52. The highest BCUT2D eigenvalue weighted by Gasteiger charge is 2.42. The van der Waals surface area contributed by atoms with Crippen LogP contribution in [0.15, 0.2) is 30.3 Å². The zero-order valence-electron chi connectivity index (χ0n) is 9.52. The van der Waals surface area contributed by atoms with Crippen molar-refractivity contribution in [3.05, 3.63) is 30.3 Å². The van der Waals surface area contributed by atoms with E-state index in [1.807, 2.05) is 6.07 Å². The monoisotopic (exact) mass is 218 g/mol. The summed E-state index contributed by atoms with van der Waals surface area (Å²) in [6.07, 6.45) is 1.43. The van der Waals surface area contributed by atoms with Crippen LogP contribution in [0.2, 0.25) is 0 Å². The van der Waals surface area contributed by atoms with Crippen molar-refractivity contribution in [3.63, 3.8) is 0 Å². The average molecular weight is 218 g/mol. The first kappa shape index (κ1) is 10.1. The van der Waals surface area contributed by atoms with Gasteiger partial charge < -0.3 is 10.1 Å². The highest BCUT2D eigenvalue weighted by Crippen LogP contribution is 2.29. The number of para-hydroxylation sites is 1. The van der Waals surface area contributed by atoms with Crippen molar-refractivity contribution in [1.82, 2.24) is 5.32 Å².